The molecule has 0 radical (unpaired) electrons. The lowest BCUT2D eigenvalue weighted by atomic mass is 9.85. The zero-order valence-electron chi connectivity index (χ0n) is 9.82. The summed E-state index contributed by atoms with van der Waals surface area (Å²) >= 11 is 0. The maximum absolute atomic E-state index is 5.25. The Hall–Kier alpha value is -0.860. The Morgan fingerprint density at radius 1 is 1.00 bits per heavy atom. The van der Waals surface area contributed by atoms with Crippen molar-refractivity contribution < 1.29 is 9.47 Å². The fraction of sp³-hybridized carbons (Fsp3) is 0.538. The van der Waals surface area contributed by atoms with E-state index in [-0.39, 0.29) is 5.41 Å². The predicted molar refractivity (Wildman–Crippen MR) is 62.0 cm³/mol. The van der Waals surface area contributed by atoms with Crippen molar-refractivity contribution >= 4 is 0 Å². The first kappa shape index (κ1) is 12.2. The van der Waals surface area contributed by atoms with Gasteiger partial charge in [0.2, 0.25) is 0 Å². The monoisotopic (exact) mass is 208 g/mol. The minimum atomic E-state index is 0.0604. The van der Waals surface area contributed by atoms with Gasteiger partial charge in [-0.3, -0.25) is 0 Å². The molecule has 1 aromatic rings. The van der Waals surface area contributed by atoms with Gasteiger partial charge in [0.05, 0.1) is 13.2 Å². The summed E-state index contributed by atoms with van der Waals surface area (Å²) in [7, 11) is 3.47. The summed E-state index contributed by atoms with van der Waals surface area (Å²) in [6, 6.07) is 10.4. The first-order valence-electron chi connectivity index (χ1n) is 5.22. The van der Waals surface area contributed by atoms with Gasteiger partial charge in [0.1, 0.15) is 0 Å². The van der Waals surface area contributed by atoms with Crippen molar-refractivity contribution in [1.29, 1.82) is 0 Å². The van der Waals surface area contributed by atoms with Gasteiger partial charge in [-0.15, -0.1) is 0 Å². The third kappa shape index (κ3) is 4.02. The Bertz CT molecular complexity index is 263. The molecule has 0 aliphatic rings. The highest BCUT2D eigenvalue weighted by Crippen LogP contribution is 2.23. The number of benzene rings is 1. The van der Waals surface area contributed by atoms with E-state index >= 15 is 0 Å². The number of rotatable bonds is 6. The number of ether oxygens (including phenoxy) is 2. The fourth-order valence-electron chi connectivity index (χ4n) is 1.93. The molecule has 0 saturated heterocycles. The lowest BCUT2D eigenvalue weighted by Crippen LogP contribution is -2.30. The molecule has 0 saturated carbocycles. The summed E-state index contributed by atoms with van der Waals surface area (Å²) in [5.74, 6) is 0. The van der Waals surface area contributed by atoms with Crippen molar-refractivity contribution in [3.05, 3.63) is 35.9 Å². The van der Waals surface area contributed by atoms with E-state index in [1.54, 1.807) is 14.2 Å². The van der Waals surface area contributed by atoms with Gasteiger partial charge >= 0.3 is 0 Å². The van der Waals surface area contributed by atoms with Gasteiger partial charge in [0.15, 0.2) is 0 Å². The van der Waals surface area contributed by atoms with E-state index < -0.39 is 0 Å². The van der Waals surface area contributed by atoms with Crippen LogP contribution in [0.4, 0.5) is 0 Å². The molecule has 2 heteroatoms. The smallest absolute Gasteiger partial charge is 0.0541 e. The second kappa shape index (κ2) is 5.89. The van der Waals surface area contributed by atoms with Crippen LogP contribution in [0.2, 0.25) is 0 Å². The fourth-order valence-corrected chi connectivity index (χ4v) is 1.93. The largest absolute Gasteiger partial charge is 0.384 e. The molecule has 0 aliphatic carbocycles. The third-order valence-corrected chi connectivity index (χ3v) is 2.46. The molecular weight excluding hydrogens is 188 g/mol. The minimum absolute atomic E-state index is 0.0604. The molecule has 84 valence electrons. The quantitative estimate of drug-likeness (QED) is 0.715. The van der Waals surface area contributed by atoms with E-state index in [1.807, 2.05) is 6.07 Å². The predicted octanol–water partition coefficient (Wildman–Crippen LogP) is 2.53. The van der Waals surface area contributed by atoms with E-state index in [0.717, 1.165) is 19.6 Å². The molecule has 0 heterocycles. The third-order valence-electron chi connectivity index (χ3n) is 2.46. The average molecular weight is 208 g/mol. The summed E-state index contributed by atoms with van der Waals surface area (Å²) < 4.78 is 10.5. The van der Waals surface area contributed by atoms with Crippen molar-refractivity contribution in [3.8, 4) is 0 Å². The molecule has 2 nitrogen and oxygen atoms in total. The Morgan fingerprint density at radius 2 is 1.53 bits per heavy atom. The molecule has 15 heavy (non-hydrogen) atoms. The van der Waals surface area contributed by atoms with E-state index in [2.05, 4.69) is 31.2 Å². The minimum Gasteiger partial charge on any atom is -0.384 e. The lowest BCUT2D eigenvalue weighted by Gasteiger charge is -2.28. The maximum Gasteiger partial charge on any atom is 0.0541 e. The summed E-state index contributed by atoms with van der Waals surface area (Å²) in [5.41, 5.74) is 1.39. The Labute approximate surface area is 92.2 Å². The van der Waals surface area contributed by atoms with Gasteiger partial charge < -0.3 is 9.47 Å². The topological polar surface area (TPSA) is 18.5 Å². The Balaban J connectivity index is 2.66. The van der Waals surface area contributed by atoms with Crippen LogP contribution in [0, 0.1) is 5.41 Å². The van der Waals surface area contributed by atoms with Crippen molar-refractivity contribution in [2.45, 2.75) is 13.3 Å². The second-order valence-corrected chi connectivity index (χ2v) is 4.34. The van der Waals surface area contributed by atoms with Crippen LogP contribution in [0.5, 0.6) is 0 Å². The molecule has 0 spiro atoms. The molecule has 1 rings (SSSR count). The van der Waals surface area contributed by atoms with Crippen LogP contribution in [0.3, 0.4) is 0 Å². The van der Waals surface area contributed by atoms with Gasteiger partial charge in [0.25, 0.3) is 0 Å². The molecule has 0 fully saturated rings. The van der Waals surface area contributed by atoms with E-state index in [9.17, 15) is 0 Å². The highest BCUT2D eigenvalue weighted by molar-refractivity contribution is 5.16. The van der Waals surface area contributed by atoms with Crippen molar-refractivity contribution in [2.75, 3.05) is 27.4 Å². The molecule has 0 aliphatic heterocycles. The molecule has 0 atom stereocenters. The van der Waals surface area contributed by atoms with Crippen LogP contribution in [-0.2, 0) is 15.9 Å². The summed E-state index contributed by atoms with van der Waals surface area (Å²) in [4.78, 5) is 0. The van der Waals surface area contributed by atoms with Gasteiger partial charge in [-0.25, -0.2) is 0 Å². The van der Waals surface area contributed by atoms with Crippen molar-refractivity contribution in [3.63, 3.8) is 0 Å². The Morgan fingerprint density at radius 3 is 2.00 bits per heavy atom. The maximum atomic E-state index is 5.25. The number of hydrogen-bond donors (Lipinski definition) is 0. The van der Waals surface area contributed by atoms with E-state index in [0.29, 0.717) is 0 Å². The van der Waals surface area contributed by atoms with Gasteiger partial charge in [-0.2, -0.15) is 0 Å². The van der Waals surface area contributed by atoms with Gasteiger partial charge in [-0.05, 0) is 12.0 Å². The molecule has 0 aromatic heterocycles. The first-order valence-corrected chi connectivity index (χ1v) is 5.22. The highest BCUT2D eigenvalue weighted by Gasteiger charge is 2.24. The summed E-state index contributed by atoms with van der Waals surface area (Å²) in [6.07, 6.45) is 0.982. The standard InChI is InChI=1S/C13H20O2/c1-13(10-14-2,11-15-3)9-12-7-5-4-6-8-12/h4-8H,9-11H2,1-3H3. The summed E-state index contributed by atoms with van der Waals surface area (Å²) in [6.45, 7) is 3.62. The van der Waals surface area contributed by atoms with Crippen LogP contribution >= 0.6 is 0 Å². The van der Waals surface area contributed by atoms with Crippen LogP contribution in [0.25, 0.3) is 0 Å². The molecule has 0 bridgehead atoms. The SMILES string of the molecule is COCC(C)(COC)Cc1ccccc1. The lowest BCUT2D eigenvalue weighted by molar-refractivity contribution is 0.0224. The van der Waals surface area contributed by atoms with E-state index in [1.165, 1.54) is 5.56 Å². The summed E-state index contributed by atoms with van der Waals surface area (Å²) in [5, 5.41) is 0. The van der Waals surface area contributed by atoms with Crippen LogP contribution in [0.1, 0.15) is 12.5 Å². The van der Waals surface area contributed by atoms with Crippen LogP contribution in [-0.4, -0.2) is 27.4 Å². The molecular formula is C13H20O2. The van der Waals surface area contributed by atoms with Crippen LogP contribution < -0.4 is 0 Å². The van der Waals surface area contributed by atoms with Crippen LogP contribution in [0.15, 0.2) is 30.3 Å². The molecule has 0 unspecified atom stereocenters. The zero-order chi connectivity index (χ0) is 11.1. The van der Waals surface area contributed by atoms with Gasteiger partial charge in [-0.1, -0.05) is 37.3 Å². The number of methoxy groups -OCH3 is 2. The zero-order valence-corrected chi connectivity index (χ0v) is 9.82. The molecule has 0 N–H and O–H groups in total. The van der Waals surface area contributed by atoms with Gasteiger partial charge in [0, 0.05) is 19.6 Å². The van der Waals surface area contributed by atoms with E-state index in [4.69, 9.17) is 9.47 Å². The average Bonchev–Trinajstić information content (AvgIpc) is 2.19. The van der Waals surface area contributed by atoms with Crippen molar-refractivity contribution in [1.82, 2.24) is 0 Å². The number of hydrogen-bond acceptors (Lipinski definition) is 2. The molecule has 1 aromatic carbocycles. The Kier molecular flexibility index (Phi) is 4.79. The normalized spacial score (nSPS) is 11.7. The highest BCUT2D eigenvalue weighted by atomic mass is 16.5. The van der Waals surface area contributed by atoms with Crippen molar-refractivity contribution in [2.24, 2.45) is 5.41 Å². The first-order chi connectivity index (χ1) is 7.20. The second-order valence-electron chi connectivity index (χ2n) is 4.34. The molecule has 0 amide bonds.